The van der Waals surface area contributed by atoms with E-state index in [1.807, 2.05) is 0 Å². The predicted molar refractivity (Wildman–Crippen MR) is 51.9 cm³/mol. The molecular formula is C7H18N2O3S. The molecule has 0 rings (SSSR count). The molecule has 0 unspecified atom stereocenters. The Morgan fingerprint density at radius 1 is 1.15 bits per heavy atom. The lowest BCUT2D eigenvalue weighted by atomic mass is 10.2. The summed E-state index contributed by atoms with van der Waals surface area (Å²) in [4.78, 5) is 0. The maximum absolute atomic E-state index is 10.3. The number of unbranched alkanes of at least 4 members (excludes halogenated alkanes) is 2. The van der Waals surface area contributed by atoms with Crippen molar-refractivity contribution in [2.75, 3.05) is 18.8 Å². The van der Waals surface area contributed by atoms with Crippen LogP contribution in [0.1, 0.15) is 26.2 Å². The van der Waals surface area contributed by atoms with Crippen LogP contribution in [0, 0.1) is 0 Å². The predicted octanol–water partition coefficient (Wildman–Crippen LogP) is 0.159. The molecule has 5 nitrogen and oxygen atoms in total. The first-order chi connectivity index (χ1) is 6.06. The van der Waals surface area contributed by atoms with E-state index in [0.29, 0.717) is 0 Å². The zero-order valence-corrected chi connectivity index (χ0v) is 8.73. The Morgan fingerprint density at radius 3 is 2.31 bits per heavy atom. The van der Waals surface area contributed by atoms with E-state index in [1.54, 1.807) is 0 Å². The summed E-state index contributed by atoms with van der Waals surface area (Å²) in [5.74, 6) is -0.256. The van der Waals surface area contributed by atoms with Gasteiger partial charge in [0, 0.05) is 13.1 Å². The minimum atomic E-state index is -3.82. The molecule has 80 valence electrons. The van der Waals surface area contributed by atoms with E-state index in [9.17, 15) is 8.42 Å². The van der Waals surface area contributed by atoms with E-state index in [1.165, 1.54) is 0 Å². The van der Waals surface area contributed by atoms with Crippen LogP contribution in [0.3, 0.4) is 0 Å². The highest BCUT2D eigenvalue weighted by Gasteiger charge is 2.01. The Kier molecular flexibility index (Phi) is 7.16. The normalized spacial score (nSPS) is 11.8. The Balaban J connectivity index is 3.09. The first kappa shape index (κ1) is 12.8. The fourth-order valence-electron chi connectivity index (χ4n) is 0.820. The fraction of sp³-hybridized carbons (Fsp3) is 1.00. The number of hydrazine groups is 1. The van der Waals surface area contributed by atoms with Gasteiger partial charge in [0.05, 0.1) is 5.75 Å². The van der Waals surface area contributed by atoms with Crippen molar-refractivity contribution in [1.82, 2.24) is 10.9 Å². The van der Waals surface area contributed by atoms with Gasteiger partial charge in [-0.3, -0.25) is 15.4 Å². The number of nitrogens with one attached hydrogen (secondary N) is 2. The molecule has 6 heteroatoms. The van der Waals surface area contributed by atoms with Gasteiger partial charge in [-0.1, -0.05) is 19.8 Å². The van der Waals surface area contributed by atoms with Crippen molar-refractivity contribution < 1.29 is 13.0 Å². The maximum atomic E-state index is 10.3. The molecule has 3 N–H and O–H groups in total. The molecule has 0 radical (unpaired) electrons. The fourth-order valence-corrected chi connectivity index (χ4v) is 1.18. The van der Waals surface area contributed by atoms with Crippen molar-refractivity contribution in [3.8, 4) is 0 Å². The zero-order chi connectivity index (χ0) is 10.2. The summed E-state index contributed by atoms with van der Waals surface area (Å²) in [6.07, 6.45) is 3.38. The Bertz CT molecular complexity index is 204. The average Bonchev–Trinajstić information content (AvgIpc) is 2.01. The van der Waals surface area contributed by atoms with Crippen LogP contribution in [0.15, 0.2) is 0 Å². The maximum Gasteiger partial charge on any atom is 0.266 e. The summed E-state index contributed by atoms with van der Waals surface area (Å²) in [6, 6.07) is 0. The summed E-state index contributed by atoms with van der Waals surface area (Å²) >= 11 is 0. The van der Waals surface area contributed by atoms with Crippen LogP contribution in [0.5, 0.6) is 0 Å². The second-order valence-electron chi connectivity index (χ2n) is 2.85. The first-order valence-electron chi connectivity index (χ1n) is 4.47. The molecule has 0 aromatic carbocycles. The number of rotatable bonds is 8. The Labute approximate surface area is 79.6 Å². The topological polar surface area (TPSA) is 78.4 Å². The highest BCUT2D eigenvalue weighted by molar-refractivity contribution is 7.85. The van der Waals surface area contributed by atoms with E-state index in [2.05, 4.69) is 17.8 Å². The molecule has 0 aliphatic carbocycles. The molecule has 0 aromatic rings. The molecule has 0 spiro atoms. The van der Waals surface area contributed by atoms with Gasteiger partial charge in [-0.25, -0.2) is 0 Å². The SMILES string of the molecule is CCCCCNNCCS(=O)(=O)O. The van der Waals surface area contributed by atoms with E-state index in [4.69, 9.17) is 4.55 Å². The average molecular weight is 210 g/mol. The minimum absolute atomic E-state index is 0.227. The standard InChI is InChI=1S/C7H18N2O3S/c1-2-3-4-5-8-9-6-7-13(10,11)12/h8-9H,2-7H2,1H3,(H,10,11,12). The molecule has 0 fully saturated rings. The first-order valence-corrected chi connectivity index (χ1v) is 6.08. The molecule has 0 bridgehead atoms. The number of hydrogen-bond acceptors (Lipinski definition) is 4. The lowest BCUT2D eigenvalue weighted by molar-refractivity contribution is 0.472. The molecular weight excluding hydrogens is 192 g/mol. The van der Waals surface area contributed by atoms with Crippen LogP contribution >= 0.6 is 0 Å². The van der Waals surface area contributed by atoms with Crippen LogP contribution < -0.4 is 10.9 Å². The van der Waals surface area contributed by atoms with Crippen molar-refractivity contribution >= 4 is 10.1 Å². The van der Waals surface area contributed by atoms with Gasteiger partial charge in [-0.05, 0) is 6.42 Å². The highest BCUT2D eigenvalue weighted by atomic mass is 32.2. The van der Waals surface area contributed by atoms with Gasteiger partial charge < -0.3 is 0 Å². The number of hydrogen-bond donors (Lipinski definition) is 3. The van der Waals surface area contributed by atoms with Crippen LogP contribution in [-0.2, 0) is 10.1 Å². The summed E-state index contributed by atoms with van der Waals surface area (Å²) in [5.41, 5.74) is 5.58. The summed E-state index contributed by atoms with van der Waals surface area (Å²) in [6.45, 7) is 3.16. The van der Waals surface area contributed by atoms with E-state index in [0.717, 1.165) is 25.8 Å². The van der Waals surface area contributed by atoms with Gasteiger partial charge in [0.1, 0.15) is 0 Å². The summed E-state index contributed by atoms with van der Waals surface area (Å²) in [7, 11) is -3.82. The summed E-state index contributed by atoms with van der Waals surface area (Å²) in [5, 5.41) is 0. The van der Waals surface area contributed by atoms with E-state index < -0.39 is 10.1 Å². The van der Waals surface area contributed by atoms with Crippen LogP contribution in [0.25, 0.3) is 0 Å². The van der Waals surface area contributed by atoms with Crippen LogP contribution in [0.2, 0.25) is 0 Å². The Morgan fingerprint density at radius 2 is 1.77 bits per heavy atom. The van der Waals surface area contributed by atoms with Crippen molar-refractivity contribution in [2.45, 2.75) is 26.2 Å². The van der Waals surface area contributed by atoms with Crippen LogP contribution in [-0.4, -0.2) is 31.8 Å². The molecule has 0 amide bonds. The molecule has 13 heavy (non-hydrogen) atoms. The van der Waals surface area contributed by atoms with Crippen molar-refractivity contribution in [3.05, 3.63) is 0 Å². The molecule has 0 atom stereocenters. The molecule has 0 aliphatic rings. The van der Waals surface area contributed by atoms with Gasteiger partial charge in [0.15, 0.2) is 0 Å². The Hall–Kier alpha value is -0.170. The second kappa shape index (κ2) is 7.25. The quantitative estimate of drug-likeness (QED) is 0.302. The molecule has 0 saturated heterocycles. The van der Waals surface area contributed by atoms with Crippen LogP contribution in [0.4, 0.5) is 0 Å². The third-order valence-corrected chi connectivity index (χ3v) is 2.24. The second-order valence-corrected chi connectivity index (χ2v) is 4.42. The van der Waals surface area contributed by atoms with Gasteiger partial charge in [-0.2, -0.15) is 8.42 Å². The third kappa shape index (κ3) is 11.8. The van der Waals surface area contributed by atoms with E-state index in [-0.39, 0.29) is 12.3 Å². The zero-order valence-electron chi connectivity index (χ0n) is 7.91. The molecule has 0 saturated carbocycles. The lowest BCUT2D eigenvalue weighted by Gasteiger charge is -2.04. The van der Waals surface area contributed by atoms with Gasteiger partial charge in [0.2, 0.25) is 0 Å². The van der Waals surface area contributed by atoms with Crippen molar-refractivity contribution in [2.24, 2.45) is 0 Å². The summed E-state index contributed by atoms with van der Waals surface area (Å²) < 4.78 is 28.9. The molecule has 0 aromatic heterocycles. The van der Waals surface area contributed by atoms with Crippen molar-refractivity contribution in [3.63, 3.8) is 0 Å². The lowest BCUT2D eigenvalue weighted by Crippen LogP contribution is -2.36. The molecule has 0 heterocycles. The third-order valence-electron chi connectivity index (χ3n) is 1.52. The van der Waals surface area contributed by atoms with Gasteiger partial charge in [0.25, 0.3) is 10.1 Å². The molecule has 0 aliphatic heterocycles. The van der Waals surface area contributed by atoms with Gasteiger partial charge in [-0.15, -0.1) is 0 Å². The smallest absolute Gasteiger partial charge is 0.266 e. The minimum Gasteiger partial charge on any atom is -0.286 e. The van der Waals surface area contributed by atoms with Gasteiger partial charge >= 0.3 is 0 Å². The monoisotopic (exact) mass is 210 g/mol. The highest BCUT2D eigenvalue weighted by Crippen LogP contribution is 1.89. The van der Waals surface area contributed by atoms with E-state index >= 15 is 0 Å². The largest absolute Gasteiger partial charge is 0.286 e. The van der Waals surface area contributed by atoms with Crippen molar-refractivity contribution in [1.29, 1.82) is 0 Å².